The van der Waals surface area contributed by atoms with Crippen LogP contribution in [0.4, 0.5) is 13.2 Å². The van der Waals surface area contributed by atoms with E-state index in [9.17, 15) is 21.6 Å². The van der Waals surface area contributed by atoms with Crippen molar-refractivity contribution in [2.75, 3.05) is 0 Å². The molecule has 15 heavy (non-hydrogen) atoms. The zero-order valence-electron chi connectivity index (χ0n) is 6.72. The van der Waals surface area contributed by atoms with E-state index >= 15 is 0 Å². The smallest absolute Gasteiger partial charge is 0.230 e. The standard InChI is InChI=1S/C6H2Cl2F3NO2S/c7-5-3(15(8,13)14)1-2-4(12-5)6(9,10)11/h1-2H. The summed E-state index contributed by atoms with van der Waals surface area (Å²) >= 11 is 5.25. The minimum atomic E-state index is -4.68. The second-order valence-electron chi connectivity index (χ2n) is 2.42. The van der Waals surface area contributed by atoms with Gasteiger partial charge in [-0.05, 0) is 12.1 Å². The van der Waals surface area contributed by atoms with Crippen LogP contribution in [-0.4, -0.2) is 13.4 Å². The first-order valence-corrected chi connectivity index (χ1v) is 5.99. The monoisotopic (exact) mass is 279 g/mol. The van der Waals surface area contributed by atoms with Crippen LogP contribution in [0.2, 0.25) is 5.15 Å². The molecule has 0 saturated heterocycles. The van der Waals surface area contributed by atoms with Crippen LogP contribution in [0, 0.1) is 0 Å². The molecule has 84 valence electrons. The molecule has 0 amide bonds. The Labute approximate surface area is 92.2 Å². The highest BCUT2D eigenvalue weighted by atomic mass is 35.7. The molecule has 0 aliphatic carbocycles. The fourth-order valence-electron chi connectivity index (χ4n) is 0.761. The molecule has 1 aromatic heterocycles. The number of hydrogen-bond donors (Lipinski definition) is 0. The van der Waals surface area contributed by atoms with Crippen molar-refractivity contribution in [1.82, 2.24) is 4.98 Å². The van der Waals surface area contributed by atoms with Gasteiger partial charge in [-0.25, -0.2) is 13.4 Å². The van der Waals surface area contributed by atoms with Gasteiger partial charge in [0.15, 0.2) is 0 Å². The van der Waals surface area contributed by atoms with E-state index in [0.717, 1.165) is 0 Å². The number of pyridine rings is 1. The number of aromatic nitrogens is 1. The van der Waals surface area contributed by atoms with Crippen LogP contribution in [0.3, 0.4) is 0 Å². The molecule has 1 rings (SSSR count). The maximum Gasteiger partial charge on any atom is 0.433 e. The molecule has 1 aromatic rings. The van der Waals surface area contributed by atoms with Gasteiger partial charge in [0.2, 0.25) is 0 Å². The lowest BCUT2D eigenvalue weighted by Crippen LogP contribution is -2.09. The Kier molecular flexibility index (Phi) is 3.18. The van der Waals surface area contributed by atoms with Gasteiger partial charge in [-0.2, -0.15) is 13.2 Å². The highest BCUT2D eigenvalue weighted by Gasteiger charge is 2.33. The van der Waals surface area contributed by atoms with E-state index in [1.807, 2.05) is 0 Å². The van der Waals surface area contributed by atoms with E-state index in [0.29, 0.717) is 12.1 Å². The van der Waals surface area contributed by atoms with Crippen LogP contribution in [0.5, 0.6) is 0 Å². The molecule has 0 atom stereocenters. The summed E-state index contributed by atoms with van der Waals surface area (Å²) in [6, 6.07) is 1.14. The lowest BCUT2D eigenvalue weighted by Gasteiger charge is -2.06. The summed E-state index contributed by atoms with van der Waals surface area (Å²) in [5.41, 5.74) is -1.28. The minimum absolute atomic E-state index is 0.487. The first-order chi connectivity index (χ1) is 6.62. The van der Waals surface area contributed by atoms with Crippen molar-refractivity contribution in [3.63, 3.8) is 0 Å². The van der Waals surface area contributed by atoms with Gasteiger partial charge >= 0.3 is 6.18 Å². The number of hydrogen-bond acceptors (Lipinski definition) is 3. The first-order valence-electron chi connectivity index (χ1n) is 3.31. The third-order valence-corrected chi connectivity index (χ3v) is 3.12. The van der Waals surface area contributed by atoms with Crippen LogP contribution in [-0.2, 0) is 15.2 Å². The highest BCUT2D eigenvalue weighted by molar-refractivity contribution is 8.13. The molecule has 1 heterocycles. The summed E-state index contributed by atoms with van der Waals surface area (Å²) in [7, 11) is 0.712. The fraction of sp³-hybridized carbons (Fsp3) is 0.167. The van der Waals surface area contributed by atoms with Gasteiger partial charge in [0.05, 0.1) is 0 Å². The van der Waals surface area contributed by atoms with E-state index in [2.05, 4.69) is 4.98 Å². The number of nitrogens with zero attached hydrogens (tertiary/aromatic N) is 1. The maximum atomic E-state index is 12.1. The summed E-state index contributed by atoms with van der Waals surface area (Å²) in [5, 5.41) is -0.806. The SMILES string of the molecule is O=S(=O)(Cl)c1ccc(C(F)(F)F)nc1Cl. The van der Waals surface area contributed by atoms with E-state index in [4.69, 9.17) is 22.3 Å². The molecule has 0 spiro atoms. The van der Waals surface area contributed by atoms with Crippen molar-refractivity contribution in [3.05, 3.63) is 23.0 Å². The van der Waals surface area contributed by atoms with E-state index in [1.165, 1.54) is 0 Å². The van der Waals surface area contributed by atoms with Crippen LogP contribution in [0.25, 0.3) is 0 Å². The second kappa shape index (κ2) is 3.80. The Hall–Kier alpha value is -0.530. The van der Waals surface area contributed by atoms with E-state index in [1.54, 1.807) is 0 Å². The summed E-state index contributed by atoms with van der Waals surface area (Å²) in [5.74, 6) is 0. The van der Waals surface area contributed by atoms with Crippen LogP contribution in [0.15, 0.2) is 17.0 Å². The Balaban J connectivity index is 3.34. The van der Waals surface area contributed by atoms with Crippen molar-refractivity contribution < 1.29 is 21.6 Å². The van der Waals surface area contributed by atoms with Crippen molar-refractivity contribution in [3.8, 4) is 0 Å². The van der Waals surface area contributed by atoms with Gasteiger partial charge in [0.25, 0.3) is 9.05 Å². The maximum absolute atomic E-state index is 12.1. The molecule has 0 N–H and O–H groups in total. The minimum Gasteiger partial charge on any atom is -0.230 e. The van der Waals surface area contributed by atoms with Gasteiger partial charge in [0.1, 0.15) is 15.7 Å². The topological polar surface area (TPSA) is 47.0 Å². The zero-order valence-corrected chi connectivity index (χ0v) is 9.04. The Morgan fingerprint density at radius 1 is 1.27 bits per heavy atom. The second-order valence-corrected chi connectivity index (χ2v) is 5.31. The van der Waals surface area contributed by atoms with E-state index < -0.39 is 31.0 Å². The molecular weight excluding hydrogens is 278 g/mol. The van der Waals surface area contributed by atoms with Crippen LogP contribution < -0.4 is 0 Å². The number of rotatable bonds is 1. The third-order valence-electron chi connectivity index (χ3n) is 1.37. The summed E-state index contributed by atoms with van der Waals surface area (Å²) < 4.78 is 57.8. The zero-order chi connectivity index (χ0) is 11.9. The molecule has 0 aromatic carbocycles. The predicted octanol–water partition coefficient (Wildman–Crippen LogP) is 2.68. The number of alkyl halides is 3. The van der Waals surface area contributed by atoms with Crippen molar-refractivity contribution >= 4 is 31.3 Å². The summed E-state index contributed by atoms with van der Waals surface area (Å²) in [6.45, 7) is 0. The molecule has 0 aliphatic heterocycles. The van der Waals surface area contributed by atoms with Crippen molar-refractivity contribution in [1.29, 1.82) is 0 Å². The molecule has 0 aliphatic rings. The first kappa shape index (κ1) is 12.5. The lowest BCUT2D eigenvalue weighted by molar-refractivity contribution is -0.141. The molecule has 0 unspecified atom stereocenters. The highest BCUT2D eigenvalue weighted by Crippen LogP contribution is 2.31. The largest absolute Gasteiger partial charge is 0.433 e. The van der Waals surface area contributed by atoms with E-state index in [-0.39, 0.29) is 0 Å². The van der Waals surface area contributed by atoms with Gasteiger partial charge in [-0.15, -0.1) is 0 Å². The molecule has 0 radical (unpaired) electrons. The van der Waals surface area contributed by atoms with Crippen molar-refractivity contribution in [2.45, 2.75) is 11.1 Å². The molecule has 3 nitrogen and oxygen atoms in total. The average Bonchev–Trinajstić information content (AvgIpc) is 1.99. The fourth-order valence-corrected chi connectivity index (χ4v) is 2.19. The Morgan fingerprint density at radius 3 is 2.13 bits per heavy atom. The predicted molar refractivity (Wildman–Crippen MR) is 47.3 cm³/mol. The molecule has 0 bridgehead atoms. The number of halogens is 5. The Bertz CT molecular complexity index is 486. The molecule has 9 heteroatoms. The average molecular weight is 280 g/mol. The molecule has 0 fully saturated rings. The van der Waals surface area contributed by atoms with Gasteiger partial charge in [-0.1, -0.05) is 11.6 Å². The molecular formula is C6H2Cl2F3NO2S. The Morgan fingerprint density at radius 2 is 1.80 bits per heavy atom. The van der Waals surface area contributed by atoms with Gasteiger partial charge in [0, 0.05) is 10.7 Å². The van der Waals surface area contributed by atoms with Gasteiger partial charge < -0.3 is 0 Å². The van der Waals surface area contributed by atoms with Gasteiger partial charge in [-0.3, -0.25) is 0 Å². The van der Waals surface area contributed by atoms with Crippen LogP contribution >= 0.6 is 22.3 Å². The van der Waals surface area contributed by atoms with Crippen LogP contribution in [0.1, 0.15) is 5.69 Å². The lowest BCUT2D eigenvalue weighted by atomic mass is 10.3. The third kappa shape index (κ3) is 2.96. The molecule has 0 saturated carbocycles. The quantitative estimate of drug-likeness (QED) is 0.587. The summed E-state index contributed by atoms with van der Waals surface area (Å²) in [4.78, 5) is 2.23. The summed E-state index contributed by atoms with van der Waals surface area (Å²) in [6.07, 6.45) is -4.68. The van der Waals surface area contributed by atoms with Crippen molar-refractivity contribution in [2.24, 2.45) is 0 Å². The normalized spacial score (nSPS) is 12.9.